The van der Waals surface area contributed by atoms with Gasteiger partial charge in [0.25, 0.3) is 0 Å². The molecule has 0 radical (unpaired) electrons. The summed E-state index contributed by atoms with van der Waals surface area (Å²) in [5.74, 6) is 2.07. The molecule has 1 aromatic carbocycles. The molecule has 0 aliphatic rings. The average molecular weight is 306 g/mol. The number of methoxy groups -OCH3 is 1. The van der Waals surface area contributed by atoms with Crippen molar-refractivity contribution in [3.63, 3.8) is 0 Å². The van der Waals surface area contributed by atoms with Crippen molar-refractivity contribution in [2.45, 2.75) is 12.4 Å². The van der Waals surface area contributed by atoms with Crippen molar-refractivity contribution in [3.8, 4) is 17.1 Å². The first-order valence-electron chi connectivity index (χ1n) is 6.20. The highest BCUT2D eigenvalue weighted by Crippen LogP contribution is 2.19. The number of alkyl halides is 1. The van der Waals surface area contributed by atoms with Crippen LogP contribution in [0.25, 0.3) is 11.4 Å². The molecular formula is C13H12ClN5O2. The molecule has 0 unspecified atom stereocenters. The van der Waals surface area contributed by atoms with Gasteiger partial charge in [-0.15, -0.1) is 16.7 Å². The van der Waals surface area contributed by atoms with Crippen molar-refractivity contribution >= 4 is 11.6 Å². The molecule has 2 heterocycles. The van der Waals surface area contributed by atoms with E-state index in [4.69, 9.17) is 20.9 Å². The van der Waals surface area contributed by atoms with E-state index in [9.17, 15) is 0 Å². The van der Waals surface area contributed by atoms with Crippen LogP contribution in [0.3, 0.4) is 0 Å². The lowest BCUT2D eigenvalue weighted by atomic mass is 10.2. The molecular weight excluding hydrogens is 294 g/mol. The van der Waals surface area contributed by atoms with Gasteiger partial charge in [-0.3, -0.25) is 0 Å². The Morgan fingerprint density at radius 3 is 2.76 bits per heavy atom. The molecule has 0 amide bonds. The third kappa shape index (κ3) is 3.03. The number of rotatable bonds is 5. The second kappa shape index (κ2) is 5.92. The second-order valence-corrected chi connectivity index (χ2v) is 4.55. The summed E-state index contributed by atoms with van der Waals surface area (Å²) >= 11 is 5.67. The van der Waals surface area contributed by atoms with Crippen molar-refractivity contribution in [2.24, 2.45) is 0 Å². The van der Waals surface area contributed by atoms with Crippen molar-refractivity contribution in [2.75, 3.05) is 7.11 Å². The third-order valence-corrected chi connectivity index (χ3v) is 3.11. The molecule has 0 bridgehead atoms. The van der Waals surface area contributed by atoms with E-state index >= 15 is 0 Å². The Morgan fingerprint density at radius 2 is 2.10 bits per heavy atom. The average Bonchev–Trinajstić information content (AvgIpc) is 3.17. The van der Waals surface area contributed by atoms with Crippen molar-refractivity contribution in [1.29, 1.82) is 0 Å². The Labute approximate surface area is 125 Å². The van der Waals surface area contributed by atoms with Crippen LogP contribution in [0, 0.1) is 0 Å². The molecule has 3 rings (SSSR count). The molecule has 0 saturated heterocycles. The molecule has 108 valence electrons. The van der Waals surface area contributed by atoms with Crippen LogP contribution in [0.1, 0.15) is 11.6 Å². The highest BCUT2D eigenvalue weighted by molar-refractivity contribution is 6.16. The van der Waals surface area contributed by atoms with Crippen molar-refractivity contribution < 1.29 is 9.26 Å². The highest BCUT2D eigenvalue weighted by atomic mass is 35.5. The Balaban J connectivity index is 1.75. The SMILES string of the molecule is COc1ccc(-c2noc(Cn3cc(CCl)nn3)n2)cc1. The molecule has 0 aliphatic heterocycles. The summed E-state index contributed by atoms with van der Waals surface area (Å²) in [6.07, 6.45) is 1.74. The summed E-state index contributed by atoms with van der Waals surface area (Å²) in [5.41, 5.74) is 1.55. The highest BCUT2D eigenvalue weighted by Gasteiger charge is 2.10. The maximum atomic E-state index is 5.67. The largest absolute Gasteiger partial charge is 0.497 e. The predicted octanol–water partition coefficient (Wildman–Crippen LogP) is 2.12. The van der Waals surface area contributed by atoms with Gasteiger partial charge in [-0.05, 0) is 24.3 Å². The Kier molecular flexibility index (Phi) is 3.83. The van der Waals surface area contributed by atoms with Crippen molar-refractivity contribution in [3.05, 3.63) is 42.0 Å². The number of ether oxygens (including phenoxy) is 1. The van der Waals surface area contributed by atoms with Crippen LogP contribution in [-0.4, -0.2) is 32.2 Å². The Morgan fingerprint density at radius 1 is 1.29 bits per heavy atom. The lowest BCUT2D eigenvalue weighted by Gasteiger charge is -1.98. The fourth-order valence-electron chi connectivity index (χ4n) is 1.79. The van der Waals surface area contributed by atoms with Gasteiger partial charge in [0.15, 0.2) is 0 Å². The molecule has 8 heteroatoms. The van der Waals surface area contributed by atoms with Gasteiger partial charge in [0.1, 0.15) is 12.3 Å². The summed E-state index contributed by atoms with van der Waals surface area (Å²) in [6, 6.07) is 7.42. The molecule has 0 aliphatic carbocycles. The molecule has 7 nitrogen and oxygen atoms in total. The van der Waals surface area contributed by atoms with Crippen LogP contribution in [0.15, 0.2) is 35.0 Å². The molecule has 0 N–H and O–H groups in total. The minimum atomic E-state index is 0.320. The van der Waals surface area contributed by atoms with Crippen LogP contribution >= 0.6 is 11.6 Å². The summed E-state index contributed by atoms with van der Waals surface area (Å²) < 4.78 is 11.9. The van der Waals surface area contributed by atoms with E-state index < -0.39 is 0 Å². The number of hydrogen-bond donors (Lipinski definition) is 0. The fourth-order valence-corrected chi connectivity index (χ4v) is 1.91. The van der Waals surface area contributed by atoms with Gasteiger partial charge >= 0.3 is 0 Å². The zero-order valence-electron chi connectivity index (χ0n) is 11.2. The molecule has 3 aromatic rings. The van der Waals surface area contributed by atoms with Gasteiger partial charge in [-0.2, -0.15) is 4.98 Å². The number of aromatic nitrogens is 5. The standard InChI is InChI=1S/C13H12ClN5O2/c1-20-11-4-2-9(3-5-11)13-15-12(21-17-13)8-19-7-10(6-14)16-18-19/h2-5,7H,6,8H2,1H3. The second-order valence-electron chi connectivity index (χ2n) is 4.28. The Hall–Kier alpha value is -2.41. The fraction of sp³-hybridized carbons (Fsp3) is 0.231. The third-order valence-electron chi connectivity index (χ3n) is 2.84. The van der Waals surface area contributed by atoms with E-state index in [-0.39, 0.29) is 0 Å². The van der Waals surface area contributed by atoms with Gasteiger partial charge < -0.3 is 9.26 Å². The van der Waals surface area contributed by atoms with E-state index in [0.29, 0.717) is 29.8 Å². The van der Waals surface area contributed by atoms with Gasteiger partial charge in [0, 0.05) is 5.56 Å². The number of halogens is 1. The van der Waals surface area contributed by atoms with Crippen LogP contribution in [0.5, 0.6) is 5.75 Å². The van der Waals surface area contributed by atoms with E-state index in [1.807, 2.05) is 24.3 Å². The van der Waals surface area contributed by atoms with E-state index in [1.165, 1.54) is 0 Å². The maximum absolute atomic E-state index is 5.67. The topological polar surface area (TPSA) is 78.9 Å². The van der Waals surface area contributed by atoms with Crippen molar-refractivity contribution in [1.82, 2.24) is 25.1 Å². The van der Waals surface area contributed by atoms with Crippen LogP contribution in [-0.2, 0) is 12.4 Å². The lowest BCUT2D eigenvalue weighted by molar-refractivity contribution is 0.364. The van der Waals surface area contributed by atoms with Crippen LogP contribution in [0.4, 0.5) is 0 Å². The molecule has 0 fully saturated rings. The first-order chi connectivity index (χ1) is 10.3. The molecule has 0 spiro atoms. The normalized spacial score (nSPS) is 10.8. The summed E-state index contributed by atoms with van der Waals surface area (Å²) in [7, 11) is 1.62. The van der Waals surface area contributed by atoms with E-state index in [0.717, 1.165) is 11.3 Å². The molecule has 2 aromatic heterocycles. The first-order valence-corrected chi connectivity index (χ1v) is 6.74. The summed E-state index contributed by atoms with van der Waals surface area (Å²) in [6.45, 7) is 0.354. The van der Waals surface area contributed by atoms with Gasteiger partial charge in [0.2, 0.25) is 11.7 Å². The zero-order chi connectivity index (χ0) is 14.7. The molecule has 0 atom stereocenters. The summed E-state index contributed by atoms with van der Waals surface area (Å²) in [5, 5.41) is 11.8. The van der Waals surface area contributed by atoms with Gasteiger partial charge in [-0.25, -0.2) is 4.68 Å². The van der Waals surface area contributed by atoms with E-state index in [2.05, 4.69) is 20.5 Å². The number of hydrogen-bond acceptors (Lipinski definition) is 6. The monoisotopic (exact) mass is 305 g/mol. The minimum absolute atomic E-state index is 0.320. The van der Waals surface area contributed by atoms with E-state index in [1.54, 1.807) is 18.0 Å². The molecule has 0 saturated carbocycles. The lowest BCUT2D eigenvalue weighted by Crippen LogP contribution is -2.00. The first kappa shape index (κ1) is 13.6. The number of benzene rings is 1. The molecule has 21 heavy (non-hydrogen) atoms. The van der Waals surface area contributed by atoms with Gasteiger partial charge in [0.05, 0.1) is 24.9 Å². The van der Waals surface area contributed by atoms with Crippen LogP contribution < -0.4 is 4.74 Å². The Bertz CT molecular complexity index is 722. The predicted molar refractivity (Wildman–Crippen MR) is 75.0 cm³/mol. The maximum Gasteiger partial charge on any atom is 0.248 e. The van der Waals surface area contributed by atoms with Gasteiger partial charge in [-0.1, -0.05) is 10.4 Å². The quantitative estimate of drug-likeness (QED) is 0.672. The minimum Gasteiger partial charge on any atom is -0.497 e. The number of nitrogens with zero attached hydrogens (tertiary/aromatic N) is 5. The zero-order valence-corrected chi connectivity index (χ0v) is 12.0. The smallest absolute Gasteiger partial charge is 0.248 e. The van der Waals surface area contributed by atoms with Crippen LogP contribution in [0.2, 0.25) is 0 Å². The summed E-state index contributed by atoms with van der Waals surface area (Å²) in [4.78, 5) is 4.33.